The minimum atomic E-state index is 0.330. The van der Waals surface area contributed by atoms with Crippen molar-refractivity contribution in [1.29, 1.82) is 0 Å². The van der Waals surface area contributed by atoms with Gasteiger partial charge in [0.1, 0.15) is 33.0 Å². The van der Waals surface area contributed by atoms with Gasteiger partial charge in [-0.1, -0.05) is 57.1 Å². The molecule has 0 saturated heterocycles. The van der Waals surface area contributed by atoms with Gasteiger partial charge in [-0.3, -0.25) is 0 Å². The summed E-state index contributed by atoms with van der Waals surface area (Å²) in [4.78, 5) is 0. The van der Waals surface area contributed by atoms with E-state index in [0.717, 1.165) is 31.7 Å². The third-order valence-electron chi connectivity index (χ3n) is 7.74. The molecule has 0 saturated carbocycles. The zero-order valence-electron chi connectivity index (χ0n) is 28.5. The van der Waals surface area contributed by atoms with Crippen LogP contribution in [0.5, 0.6) is 23.0 Å². The lowest BCUT2D eigenvalue weighted by Crippen LogP contribution is -2.82. The molecule has 0 spiro atoms. The normalized spacial score (nSPS) is 16.3. The van der Waals surface area contributed by atoms with E-state index in [0.29, 0.717) is 103 Å². The predicted octanol–water partition coefficient (Wildman–Crippen LogP) is 4.94. The van der Waals surface area contributed by atoms with Crippen molar-refractivity contribution in [1.82, 2.24) is 0 Å². The quantitative estimate of drug-likeness (QED) is 0.272. The van der Waals surface area contributed by atoms with E-state index in [1.807, 2.05) is 30.3 Å². The van der Waals surface area contributed by atoms with Crippen LogP contribution in [0, 0.1) is 0 Å². The standard InChI is InChI=1S/C37H59NO9/c39-18-12-8-6-4-2-1-3-5-7-11-17-38-32-33-15-16-36-37(31-33)47-30-26-43-22-21-41-24-28-45-35-14-10-9-13-34(35)44-27-23-40-19-20-42-25-29-46-36/h9-10,13-16,31,38-39H,1-8,11-12,17-30,32H2/p+1. The van der Waals surface area contributed by atoms with Crippen LogP contribution in [-0.2, 0) is 25.5 Å². The lowest BCUT2D eigenvalue weighted by atomic mass is 10.1. The first kappa shape index (κ1) is 38.8. The first-order valence-electron chi connectivity index (χ1n) is 17.8. The van der Waals surface area contributed by atoms with E-state index in [1.165, 1.54) is 56.9 Å². The molecule has 3 N–H and O–H groups in total. The van der Waals surface area contributed by atoms with Crippen LogP contribution in [-0.4, -0.2) is 97.5 Å². The van der Waals surface area contributed by atoms with Gasteiger partial charge in [0.05, 0.1) is 59.4 Å². The van der Waals surface area contributed by atoms with Gasteiger partial charge in [-0.2, -0.15) is 0 Å². The monoisotopic (exact) mass is 662 g/mol. The van der Waals surface area contributed by atoms with Gasteiger partial charge in [-0.15, -0.1) is 0 Å². The van der Waals surface area contributed by atoms with E-state index in [2.05, 4.69) is 17.4 Å². The van der Waals surface area contributed by atoms with Crippen molar-refractivity contribution in [2.45, 2.75) is 70.8 Å². The van der Waals surface area contributed by atoms with Crippen LogP contribution < -0.4 is 24.3 Å². The number of nitrogens with two attached hydrogens (primary N) is 1. The number of para-hydroxylation sites is 2. The van der Waals surface area contributed by atoms with Crippen LogP contribution in [0.25, 0.3) is 0 Å². The average molecular weight is 663 g/mol. The molecule has 0 amide bonds. The number of fused-ring (bicyclic) bond motifs is 2. The molecule has 266 valence electrons. The summed E-state index contributed by atoms with van der Waals surface area (Å²) in [5, 5.41) is 11.2. The minimum Gasteiger partial charge on any atom is -0.487 e. The number of benzene rings is 2. The van der Waals surface area contributed by atoms with E-state index in [-0.39, 0.29) is 0 Å². The second-order valence-electron chi connectivity index (χ2n) is 11.6. The molecule has 10 nitrogen and oxygen atoms in total. The number of ether oxygens (including phenoxy) is 8. The maximum atomic E-state index is 8.85. The summed E-state index contributed by atoms with van der Waals surface area (Å²) in [5.74, 6) is 2.80. The smallest absolute Gasteiger partial charge is 0.161 e. The summed E-state index contributed by atoms with van der Waals surface area (Å²) in [7, 11) is 0. The van der Waals surface area contributed by atoms with Crippen molar-refractivity contribution in [2.75, 3.05) is 92.4 Å². The fraction of sp³-hybridized carbons (Fsp3) is 0.676. The average Bonchev–Trinajstić information content (AvgIpc) is 3.09. The highest BCUT2D eigenvalue weighted by Gasteiger charge is 2.09. The zero-order chi connectivity index (χ0) is 32.9. The summed E-state index contributed by atoms with van der Waals surface area (Å²) in [6.07, 6.45) is 12.5. The highest BCUT2D eigenvalue weighted by molar-refractivity contribution is 5.43. The number of rotatable bonds is 14. The topological polar surface area (TPSA) is 111 Å². The Bertz CT molecular complexity index is 1030. The predicted molar refractivity (Wildman–Crippen MR) is 182 cm³/mol. The van der Waals surface area contributed by atoms with E-state index >= 15 is 0 Å². The molecule has 0 bridgehead atoms. The number of aliphatic hydroxyl groups excluding tert-OH is 1. The molecule has 0 aromatic heterocycles. The van der Waals surface area contributed by atoms with Crippen molar-refractivity contribution < 1.29 is 48.3 Å². The largest absolute Gasteiger partial charge is 0.487 e. The van der Waals surface area contributed by atoms with Gasteiger partial charge in [-0.25, -0.2) is 0 Å². The summed E-state index contributed by atoms with van der Waals surface area (Å²) in [6.45, 7) is 7.75. The van der Waals surface area contributed by atoms with Gasteiger partial charge in [-0.05, 0) is 49.6 Å². The fourth-order valence-corrected chi connectivity index (χ4v) is 5.17. The van der Waals surface area contributed by atoms with E-state index in [4.69, 9.17) is 43.0 Å². The summed E-state index contributed by atoms with van der Waals surface area (Å²) in [5.41, 5.74) is 1.21. The Morgan fingerprint density at radius 1 is 0.447 bits per heavy atom. The molecule has 47 heavy (non-hydrogen) atoms. The molecule has 2 aromatic carbocycles. The Hall–Kier alpha value is -2.60. The summed E-state index contributed by atoms with van der Waals surface area (Å²) >= 11 is 0. The highest BCUT2D eigenvalue weighted by Crippen LogP contribution is 2.28. The number of hydrogen-bond acceptors (Lipinski definition) is 9. The molecule has 0 radical (unpaired) electrons. The molecule has 1 aliphatic heterocycles. The van der Waals surface area contributed by atoms with Gasteiger partial charge in [0, 0.05) is 12.2 Å². The fourth-order valence-electron chi connectivity index (χ4n) is 5.17. The molecule has 3 rings (SSSR count). The Morgan fingerprint density at radius 3 is 1.34 bits per heavy atom. The molecular weight excluding hydrogens is 602 g/mol. The molecule has 1 heterocycles. The van der Waals surface area contributed by atoms with Crippen LogP contribution in [0.3, 0.4) is 0 Å². The summed E-state index contributed by atoms with van der Waals surface area (Å²) in [6, 6.07) is 13.8. The van der Waals surface area contributed by atoms with Crippen molar-refractivity contribution in [3.8, 4) is 23.0 Å². The van der Waals surface area contributed by atoms with E-state index in [1.54, 1.807) is 0 Å². The number of aliphatic hydroxyl groups is 1. The lowest BCUT2D eigenvalue weighted by molar-refractivity contribution is -0.671. The van der Waals surface area contributed by atoms with Crippen LogP contribution in [0.2, 0.25) is 0 Å². The van der Waals surface area contributed by atoms with E-state index in [9.17, 15) is 0 Å². The van der Waals surface area contributed by atoms with Crippen LogP contribution in [0.1, 0.15) is 69.8 Å². The van der Waals surface area contributed by atoms with Crippen LogP contribution in [0.4, 0.5) is 0 Å². The van der Waals surface area contributed by atoms with Crippen molar-refractivity contribution in [2.24, 2.45) is 0 Å². The first-order valence-corrected chi connectivity index (χ1v) is 17.8. The van der Waals surface area contributed by atoms with Gasteiger partial charge in [0.15, 0.2) is 23.0 Å². The van der Waals surface area contributed by atoms with Crippen LogP contribution >= 0.6 is 0 Å². The van der Waals surface area contributed by atoms with Gasteiger partial charge in [0.2, 0.25) is 0 Å². The summed E-state index contributed by atoms with van der Waals surface area (Å²) < 4.78 is 46.6. The maximum Gasteiger partial charge on any atom is 0.161 e. The van der Waals surface area contributed by atoms with Gasteiger partial charge < -0.3 is 48.3 Å². The molecule has 10 heteroatoms. The zero-order valence-corrected chi connectivity index (χ0v) is 28.5. The molecule has 1 aliphatic rings. The first-order chi connectivity index (χ1) is 23.4. The van der Waals surface area contributed by atoms with Crippen molar-refractivity contribution >= 4 is 0 Å². The van der Waals surface area contributed by atoms with Gasteiger partial charge in [0.25, 0.3) is 0 Å². The van der Waals surface area contributed by atoms with Gasteiger partial charge >= 0.3 is 0 Å². The molecule has 0 unspecified atom stereocenters. The maximum absolute atomic E-state index is 8.85. The SMILES string of the molecule is OCCCCCCCCCCCC[NH2+]Cc1ccc2c(c1)OCCOCCOCCOc1ccccc1OCCOCCOCCO2. The minimum absolute atomic E-state index is 0.330. The van der Waals surface area contributed by atoms with Crippen molar-refractivity contribution in [3.05, 3.63) is 48.0 Å². The highest BCUT2D eigenvalue weighted by atomic mass is 16.6. The Labute approximate surface area is 282 Å². The van der Waals surface area contributed by atoms with Crippen molar-refractivity contribution in [3.63, 3.8) is 0 Å². The second-order valence-corrected chi connectivity index (χ2v) is 11.6. The third kappa shape index (κ3) is 19.1. The lowest BCUT2D eigenvalue weighted by Gasteiger charge is -2.15. The number of quaternary nitrogens is 1. The number of hydrogen-bond donors (Lipinski definition) is 2. The Morgan fingerprint density at radius 2 is 0.851 bits per heavy atom. The second kappa shape index (κ2) is 27.4. The molecule has 0 atom stereocenters. The molecular formula is C37H60NO9+. The Kier molecular flexibility index (Phi) is 22.6. The third-order valence-corrected chi connectivity index (χ3v) is 7.74. The number of unbranched alkanes of at least 4 members (excludes halogenated alkanes) is 9. The molecule has 2 aromatic rings. The van der Waals surface area contributed by atoms with Crippen LogP contribution in [0.15, 0.2) is 42.5 Å². The molecule has 0 fully saturated rings. The molecule has 0 aliphatic carbocycles. The van der Waals surface area contributed by atoms with E-state index < -0.39 is 0 Å². The Balaban J connectivity index is 1.36.